The van der Waals surface area contributed by atoms with Gasteiger partial charge in [-0.05, 0) is 17.5 Å². The van der Waals surface area contributed by atoms with Crippen molar-refractivity contribution < 1.29 is 4.79 Å². The second-order valence-electron chi connectivity index (χ2n) is 4.25. The lowest BCUT2D eigenvalue weighted by Crippen LogP contribution is -2.37. The van der Waals surface area contributed by atoms with Crippen LogP contribution in [-0.4, -0.2) is 41.2 Å². The number of rotatable bonds is 5. The molecule has 1 N–H and O–H groups in total. The summed E-state index contributed by atoms with van der Waals surface area (Å²) in [4.78, 5) is 17.1. The van der Waals surface area contributed by atoms with Crippen LogP contribution in [0.15, 0.2) is 0 Å². The summed E-state index contributed by atoms with van der Waals surface area (Å²) in [6.45, 7) is 4.80. The number of hydrogen-bond donors (Lipinski definition) is 1. The van der Waals surface area contributed by atoms with Crippen molar-refractivity contribution in [3.05, 3.63) is 10.4 Å². The molecule has 0 spiro atoms. The van der Waals surface area contributed by atoms with E-state index < -0.39 is 0 Å². The highest BCUT2D eigenvalue weighted by Gasteiger charge is 2.14. The highest BCUT2D eigenvalue weighted by Crippen LogP contribution is 2.19. The molecule has 100 valence electrons. The number of hydrogen-bond acceptors (Lipinski definition) is 5. The van der Waals surface area contributed by atoms with Gasteiger partial charge in [-0.2, -0.15) is 4.98 Å². The van der Waals surface area contributed by atoms with Crippen LogP contribution < -0.4 is 10.2 Å². The molecule has 0 bridgehead atoms. The normalized spacial score (nSPS) is 10.6. The van der Waals surface area contributed by atoms with Gasteiger partial charge >= 0.3 is 0 Å². The van der Waals surface area contributed by atoms with Gasteiger partial charge in [-0.15, -0.1) is 10.2 Å². The Morgan fingerprint density at radius 2 is 2.06 bits per heavy atom. The van der Waals surface area contributed by atoms with Crippen molar-refractivity contribution in [3.63, 3.8) is 0 Å². The van der Waals surface area contributed by atoms with Crippen LogP contribution in [-0.2, 0) is 4.79 Å². The SMILES string of the molecule is CC(C)CNC(=O)CN(C)c1nc(Cl)nnc1Cl. The molecule has 1 heterocycles. The minimum absolute atomic E-state index is 0.0103. The maximum atomic E-state index is 11.6. The fourth-order valence-corrected chi connectivity index (χ4v) is 1.53. The van der Waals surface area contributed by atoms with Crippen molar-refractivity contribution in [2.45, 2.75) is 13.8 Å². The third-order valence-electron chi connectivity index (χ3n) is 2.05. The second-order valence-corrected chi connectivity index (χ2v) is 4.95. The van der Waals surface area contributed by atoms with Crippen LogP contribution in [0, 0.1) is 5.92 Å². The third kappa shape index (κ3) is 4.62. The largest absolute Gasteiger partial charge is 0.354 e. The molecular weight excluding hydrogens is 277 g/mol. The average molecular weight is 292 g/mol. The maximum absolute atomic E-state index is 11.6. The van der Waals surface area contributed by atoms with E-state index in [9.17, 15) is 4.79 Å². The fraction of sp³-hybridized carbons (Fsp3) is 0.600. The van der Waals surface area contributed by atoms with Crippen molar-refractivity contribution in [2.24, 2.45) is 5.92 Å². The standard InChI is InChI=1S/C10H15Cl2N5O/c1-6(2)4-13-7(18)5-17(3)9-8(11)15-16-10(12)14-9/h6H,4-5H2,1-3H3,(H,13,18). The summed E-state index contributed by atoms with van der Waals surface area (Å²) in [6.07, 6.45) is 0. The zero-order valence-corrected chi connectivity index (χ0v) is 12.0. The molecule has 0 aliphatic rings. The Kier molecular flexibility index (Phi) is 5.55. The first-order chi connectivity index (χ1) is 8.40. The number of carbonyl (C=O) groups excluding carboxylic acids is 1. The summed E-state index contributed by atoms with van der Waals surface area (Å²) in [6, 6.07) is 0. The Hall–Kier alpha value is -1.14. The summed E-state index contributed by atoms with van der Waals surface area (Å²) in [5, 5.41) is 10.0. The average Bonchev–Trinajstić information content (AvgIpc) is 2.29. The first-order valence-electron chi connectivity index (χ1n) is 5.43. The number of carbonyl (C=O) groups is 1. The fourth-order valence-electron chi connectivity index (χ4n) is 1.19. The summed E-state index contributed by atoms with van der Waals surface area (Å²) < 4.78 is 0. The molecule has 0 fully saturated rings. The van der Waals surface area contributed by atoms with Gasteiger partial charge in [-0.3, -0.25) is 4.79 Å². The van der Waals surface area contributed by atoms with Crippen LogP contribution in [0.5, 0.6) is 0 Å². The smallest absolute Gasteiger partial charge is 0.245 e. The van der Waals surface area contributed by atoms with Gasteiger partial charge in [0.15, 0.2) is 11.0 Å². The predicted octanol–water partition coefficient (Wildman–Crippen LogP) is 1.39. The second kappa shape index (κ2) is 6.70. The molecule has 8 heteroatoms. The molecule has 0 aliphatic carbocycles. The molecule has 0 atom stereocenters. The van der Waals surface area contributed by atoms with Gasteiger partial charge in [0.1, 0.15) is 0 Å². The quantitative estimate of drug-likeness (QED) is 0.888. The van der Waals surface area contributed by atoms with Crippen LogP contribution in [0.1, 0.15) is 13.8 Å². The Bertz CT molecular complexity index is 427. The van der Waals surface area contributed by atoms with E-state index in [4.69, 9.17) is 23.2 Å². The lowest BCUT2D eigenvalue weighted by atomic mass is 10.2. The number of halogens is 2. The van der Waals surface area contributed by atoms with E-state index in [1.54, 1.807) is 11.9 Å². The zero-order valence-electron chi connectivity index (χ0n) is 10.4. The minimum atomic E-state index is -0.114. The molecule has 1 rings (SSSR count). The molecule has 0 aromatic carbocycles. The Morgan fingerprint density at radius 1 is 1.39 bits per heavy atom. The van der Waals surface area contributed by atoms with Gasteiger partial charge in [0.25, 0.3) is 0 Å². The van der Waals surface area contributed by atoms with E-state index in [1.165, 1.54) is 0 Å². The Labute approximate surface area is 116 Å². The van der Waals surface area contributed by atoms with Crippen LogP contribution in [0.3, 0.4) is 0 Å². The zero-order chi connectivity index (χ0) is 13.7. The van der Waals surface area contributed by atoms with Crippen LogP contribution in [0.2, 0.25) is 10.4 Å². The van der Waals surface area contributed by atoms with E-state index in [0.29, 0.717) is 18.3 Å². The molecule has 18 heavy (non-hydrogen) atoms. The summed E-state index contributed by atoms with van der Waals surface area (Å²) >= 11 is 11.5. The van der Waals surface area contributed by atoms with Crippen molar-refractivity contribution in [1.29, 1.82) is 0 Å². The molecule has 0 unspecified atom stereocenters. The summed E-state index contributed by atoms with van der Waals surface area (Å²) in [5.74, 6) is 0.617. The minimum Gasteiger partial charge on any atom is -0.354 e. The number of aromatic nitrogens is 3. The van der Waals surface area contributed by atoms with E-state index in [-0.39, 0.29) is 22.9 Å². The van der Waals surface area contributed by atoms with E-state index in [2.05, 4.69) is 20.5 Å². The first kappa shape index (κ1) is 14.9. The van der Waals surface area contributed by atoms with Crippen LogP contribution in [0.4, 0.5) is 5.82 Å². The van der Waals surface area contributed by atoms with Gasteiger partial charge in [0.2, 0.25) is 11.2 Å². The number of likely N-dealkylation sites (N-methyl/N-ethyl adjacent to an activating group) is 1. The number of amides is 1. The van der Waals surface area contributed by atoms with Crippen molar-refractivity contribution in [3.8, 4) is 0 Å². The molecule has 6 nitrogen and oxygen atoms in total. The summed E-state index contributed by atoms with van der Waals surface area (Å²) in [5.41, 5.74) is 0. The van der Waals surface area contributed by atoms with Crippen LogP contribution >= 0.6 is 23.2 Å². The molecule has 0 radical (unpaired) electrons. The monoisotopic (exact) mass is 291 g/mol. The predicted molar refractivity (Wildman–Crippen MR) is 71.0 cm³/mol. The van der Waals surface area contributed by atoms with E-state index in [1.807, 2.05) is 13.8 Å². The molecule has 0 aliphatic heterocycles. The molecule has 0 saturated carbocycles. The van der Waals surface area contributed by atoms with Gasteiger partial charge in [0.05, 0.1) is 6.54 Å². The number of nitrogens with zero attached hydrogens (tertiary/aromatic N) is 4. The maximum Gasteiger partial charge on any atom is 0.245 e. The summed E-state index contributed by atoms with van der Waals surface area (Å²) in [7, 11) is 1.68. The highest BCUT2D eigenvalue weighted by molar-refractivity contribution is 6.32. The van der Waals surface area contributed by atoms with Gasteiger partial charge in [-0.1, -0.05) is 25.4 Å². The van der Waals surface area contributed by atoms with Gasteiger partial charge < -0.3 is 10.2 Å². The highest BCUT2D eigenvalue weighted by atomic mass is 35.5. The Balaban J connectivity index is 2.62. The molecule has 1 aromatic rings. The third-order valence-corrected chi connectivity index (χ3v) is 2.46. The first-order valence-corrected chi connectivity index (χ1v) is 6.19. The lowest BCUT2D eigenvalue weighted by molar-refractivity contribution is -0.119. The number of nitrogens with one attached hydrogen (secondary N) is 1. The lowest BCUT2D eigenvalue weighted by Gasteiger charge is -2.18. The van der Waals surface area contributed by atoms with Crippen molar-refractivity contribution in [1.82, 2.24) is 20.5 Å². The molecular formula is C10H15Cl2N5O. The van der Waals surface area contributed by atoms with Crippen molar-refractivity contribution >= 4 is 34.9 Å². The molecule has 1 aromatic heterocycles. The van der Waals surface area contributed by atoms with E-state index >= 15 is 0 Å². The van der Waals surface area contributed by atoms with Gasteiger partial charge in [0, 0.05) is 13.6 Å². The van der Waals surface area contributed by atoms with Gasteiger partial charge in [-0.25, -0.2) is 0 Å². The van der Waals surface area contributed by atoms with E-state index in [0.717, 1.165) is 0 Å². The molecule has 0 saturated heterocycles. The number of anilines is 1. The molecule has 1 amide bonds. The van der Waals surface area contributed by atoms with Crippen molar-refractivity contribution in [2.75, 3.05) is 25.0 Å². The topological polar surface area (TPSA) is 71.0 Å². The van der Waals surface area contributed by atoms with Crippen LogP contribution in [0.25, 0.3) is 0 Å². The Morgan fingerprint density at radius 3 is 2.67 bits per heavy atom.